The number of likely N-dealkylation sites (tertiary alicyclic amines) is 1. The molecule has 1 aromatic carbocycles. The first kappa shape index (κ1) is 13.4. The molecule has 2 N–H and O–H groups in total. The number of fused-ring (bicyclic) bond motifs is 1. The minimum Gasteiger partial charge on any atom is -0.493 e. The van der Waals surface area contributed by atoms with Gasteiger partial charge in [-0.25, -0.2) is 0 Å². The largest absolute Gasteiger partial charge is 0.493 e. The summed E-state index contributed by atoms with van der Waals surface area (Å²) in [7, 11) is 0. The quantitative estimate of drug-likeness (QED) is 0.897. The Bertz CT molecular complexity index is 501. The van der Waals surface area contributed by atoms with Crippen molar-refractivity contribution in [3.63, 3.8) is 0 Å². The summed E-state index contributed by atoms with van der Waals surface area (Å²) in [5, 5.41) is 0. The molecule has 1 aromatic rings. The van der Waals surface area contributed by atoms with E-state index in [1.807, 2.05) is 23.1 Å². The molecule has 0 spiro atoms. The van der Waals surface area contributed by atoms with Gasteiger partial charge in [0.15, 0.2) is 0 Å². The molecule has 1 unspecified atom stereocenters. The Morgan fingerprint density at radius 3 is 3.10 bits per heavy atom. The summed E-state index contributed by atoms with van der Waals surface area (Å²) in [5.41, 5.74) is 7.78. The van der Waals surface area contributed by atoms with Gasteiger partial charge in [0, 0.05) is 31.1 Å². The fraction of sp³-hybridized carbons (Fsp3) is 0.562. The number of carbonyl (C=O) groups excluding carboxylic acids is 1. The van der Waals surface area contributed by atoms with Crippen LogP contribution in [0.5, 0.6) is 5.75 Å². The first-order valence-corrected chi connectivity index (χ1v) is 7.56. The van der Waals surface area contributed by atoms with Crippen LogP contribution in [0.15, 0.2) is 18.2 Å². The molecule has 1 atom stereocenters. The van der Waals surface area contributed by atoms with E-state index in [9.17, 15) is 4.79 Å². The Hall–Kier alpha value is -1.55. The van der Waals surface area contributed by atoms with Crippen LogP contribution in [-0.4, -0.2) is 36.5 Å². The van der Waals surface area contributed by atoms with Gasteiger partial charge in [0.2, 0.25) is 0 Å². The van der Waals surface area contributed by atoms with E-state index in [1.54, 1.807) is 0 Å². The maximum Gasteiger partial charge on any atom is 0.254 e. The highest BCUT2D eigenvalue weighted by Crippen LogP contribution is 2.27. The van der Waals surface area contributed by atoms with E-state index in [0.717, 1.165) is 49.3 Å². The van der Waals surface area contributed by atoms with Crippen molar-refractivity contribution in [2.24, 2.45) is 5.73 Å². The third-order valence-corrected chi connectivity index (χ3v) is 4.35. The van der Waals surface area contributed by atoms with Gasteiger partial charge in [0.1, 0.15) is 5.75 Å². The Labute approximate surface area is 119 Å². The standard InChI is InChI=1S/C16H22N2O2/c17-11-14-4-2-1-3-8-18(14)16(19)13-5-6-15-12(10-13)7-9-20-15/h5-6,10,14H,1-4,7-9,11,17H2. The highest BCUT2D eigenvalue weighted by molar-refractivity contribution is 5.95. The van der Waals surface area contributed by atoms with Crippen molar-refractivity contribution in [2.45, 2.75) is 38.1 Å². The lowest BCUT2D eigenvalue weighted by Gasteiger charge is -2.29. The lowest BCUT2D eigenvalue weighted by molar-refractivity contribution is 0.0689. The average Bonchev–Trinajstić information content (AvgIpc) is 2.81. The molecule has 1 amide bonds. The number of nitrogens with zero attached hydrogens (tertiary/aromatic N) is 1. The predicted octanol–water partition coefficient (Wildman–Crippen LogP) is 1.96. The molecular formula is C16H22N2O2. The van der Waals surface area contributed by atoms with Crippen LogP contribution < -0.4 is 10.5 Å². The number of ether oxygens (including phenoxy) is 1. The van der Waals surface area contributed by atoms with Gasteiger partial charge < -0.3 is 15.4 Å². The average molecular weight is 274 g/mol. The smallest absolute Gasteiger partial charge is 0.254 e. The lowest BCUT2D eigenvalue weighted by Crippen LogP contribution is -2.44. The van der Waals surface area contributed by atoms with E-state index in [1.165, 1.54) is 12.8 Å². The van der Waals surface area contributed by atoms with Crippen molar-refractivity contribution in [1.82, 2.24) is 4.90 Å². The zero-order valence-corrected chi connectivity index (χ0v) is 11.8. The molecule has 2 aliphatic rings. The van der Waals surface area contributed by atoms with E-state index in [-0.39, 0.29) is 11.9 Å². The van der Waals surface area contributed by atoms with Gasteiger partial charge in [-0.1, -0.05) is 12.8 Å². The molecule has 2 heterocycles. The van der Waals surface area contributed by atoms with Crippen LogP contribution in [0.3, 0.4) is 0 Å². The van der Waals surface area contributed by atoms with Crippen molar-refractivity contribution < 1.29 is 9.53 Å². The Balaban J connectivity index is 1.83. The molecule has 4 nitrogen and oxygen atoms in total. The van der Waals surface area contributed by atoms with Crippen LogP contribution in [-0.2, 0) is 6.42 Å². The number of hydrogen-bond acceptors (Lipinski definition) is 3. The highest BCUT2D eigenvalue weighted by Gasteiger charge is 2.26. The molecule has 108 valence electrons. The van der Waals surface area contributed by atoms with Crippen molar-refractivity contribution in [3.05, 3.63) is 29.3 Å². The lowest BCUT2D eigenvalue weighted by atomic mass is 10.1. The van der Waals surface area contributed by atoms with Gasteiger partial charge in [0.05, 0.1) is 6.61 Å². The molecule has 4 heteroatoms. The number of carbonyl (C=O) groups is 1. The second kappa shape index (κ2) is 5.83. The normalized spacial score (nSPS) is 22.1. The summed E-state index contributed by atoms with van der Waals surface area (Å²) in [5.74, 6) is 1.05. The fourth-order valence-electron chi connectivity index (χ4n) is 3.18. The van der Waals surface area contributed by atoms with E-state index < -0.39 is 0 Å². The van der Waals surface area contributed by atoms with Gasteiger partial charge in [-0.3, -0.25) is 4.79 Å². The molecule has 0 radical (unpaired) electrons. The number of hydrogen-bond donors (Lipinski definition) is 1. The maximum absolute atomic E-state index is 12.8. The zero-order chi connectivity index (χ0) is 13.9. The van der Waals surface area contributed by atoms with Crippen LogP contribution in [0, 0.1) is 0 Å². The van der Waals surface area contributed by atoms with Crippen molar-refractivity contribution in [2.75, 3.05) is 19.7 Å². The predicted molar refractivity (Wildman–Crippen MR) is 78.0 cm³/mol. The number of benzene rings is 1. The van der Waals surface area contributed by atoms with E-state index in [0.29, 0.717) is 6.54 Å². The molecule has 0 bridgehead atoms. The second-order valence-electron chi connectivity index (χ2n) is 5.66. The van der Waals surface area contributed by atoms with Crippen LogP contribution in [0.4, 0.5) is 0 Å². The van der Waals surface area contributed by atoms with Gasteiger partial charge >= 0.3 is 0 Å². The molecule has 2 aliphatic heterocycles. The highest BCUT2D eigenvalue weighted by atomic mass is 16.5. The molecule has 0 aliphatic carbocycles. The number of amides is 1. The summed E-state index contributed by atoms with van der Waals surface area (Å²) >= 11 is 0. The maximum atomic E-state index is 12.8. The van der Waals surface area contributed by atoms with Crippen molar-refractivity contribution >= 4 is 5.91 Å². The summed E-state index contributed by atoms with van der Waals surface area (Å²) in [6.07, 6.45) is 5.37. The third kappa shape index (κ3) is 2.52. The Morgan fingerprint density at radius 1 is 1.35 bits per heavy atom. The summed E-state index contributed by atoms with van der Waals surface area (Å²) in [6, 6.07) is 5.98. The van der Waals surface area contributed by atoms with Gasteiger partial charge in [-0.2, -0.15) is 0 Å². The monoisotopic (exact) mass is 274 g/mol. The summed E-state index contributed by atoms with van der Waals surface area (Å²) < 4.78 is 5.50. The first-order valence-electron chi connectivity index (χ1n) is 7.56. The molecule has 0 saturated carbocycles. The molecule has 0 aromatic heterocycles. The van der Waals surface area contributed by atoms with Crippen molar-refractivity contribution in [3.8, 4) is 5.75 Å². The van der Waals surface area contributed by atoms with Crippen LogP contribution in [0.25, 0.3) is 0 Å². The topological polar surface area (TPSA) is 55.6 Å². The third-order valence-electron chi connectivity index (χ3n) is 4.35. The fourth-order valence-corrected chi connectivity index (χ4v) is 3.18. The Kier molecular flexibility index (Phi) is 3.92. The van der Waals surface area contributed by atoms with Crippen molar-refractivity contribution in [1.29, 1.82) is 0 Å². The molecule has 1 fully saturated rings. The zero-order valence-electron chi connectivity index (χ0n) is 11.8. The summed E-state index contributed by atoms with van der Waals surface area (Å²) in [6.45, 7) is 2.11. The first-order chi connectivity index (χ1) is 9.79. The van der Waals surface area contributed by atoms with E-state index in [2.05, 4.69) is 0 Å². The molecule has 20 heavy (non-hydrogen) atoms. The van der Waals surface area contributed by atoms with Crippen LogP contribution >= 0.6 is 0 Å². The van der Waals surface area contributed by atoms with Gasteiger partial charge in [0.25, 0.3) is 5.91 Å². The molecule has 1 saturated heterocycles. The molecule has 3 rings (SSSR count). The minimum atomic E-state index is 0.122. The number of rotatable bonds is 2. The number of nitrogens with two attached hydrogens (primary N) is 1. The van der Waals surface area contributed by atoms with E-state index in [4.69, 9.17) is 10.5 Å². The Morgan fingerprint density at radius 2 is 2.25 bits per heavy atom. The second-order valence-corrected chi connectivity index (χ2v) is 5.66. The van der Waals surface area contributed by atoms with Gasteiger partial charge in [-0.05, 0) is 36.6 Å². The SMILES string of the molecule is NCC1CCCCCN1C(=O)c1ccc2c(c1)CCO2. The minimum absolute atomic E-state index is 0.122. The van der Waals surface area contributed by atoms with Crippen LogP contribution in [0.1, 0.15) is 41.6 Å². The van der Waals surface area contributed by atoms with Gasteiger partial charge in [-0.15, -0.1) is 0 Å². The van der Waals surface area contributed by atoms with Crippen LogP contribution in [0.2, 0.25) is 0 Å². The van der Waals surface area contributed by atoms with E-state index >= 15 is 0 Å². The summed E-state index contributed by atoms with van der Waals surface area (Å²) in [4.78, 5) is 14.7. The molecular weight excluding hydrogens is 252 g/mol.